The topological polar surface area (TPSA) is 58.4 Å². The molecule has 2 aromatic rings. The maximum Gasteiger partial charge on any atom is 0.181 e. The molecule has 0 radical (unpaired) electrons. The highest BCUT2D eigenvalue weighted by atomic mass is 15.4. The number of aromatic nitrogens is 4. The number of likely N-dealkylation sites (tertiary alicyclic amines) is 1. The van der Waals surface area contributed by atoms with Crippen LogP contribution in [0.5, 0.6) is 0 Å². The van der Waals surface area contributed by atoms with Gasteiger partial charge in [0.2, 0.25) is 0 Å². The SMILES string of the molecule is CC1CCCN1CCNc1nn2cnnc2c2c1CCCC2. The molecule has 0 aromatic carbocycles. The van der Waals surface area contributed by atoms with E-state index in [1.54, 1.807) is 6.33 Å². The Morgan fingerprint density at radius 2 is 2.09 bits per heavy atom. The van der Waals surface area contributed by atoms with Gasteiger partial charge in [-0.3, -0.25) is 4.90 Å². The Labute approximate surface area is 130 Å². The van der Waals surface area contributed by atoms with Crippen molar-refractivity contribution in [1.82, 2.24) is 24.7 Å². The lowest BCUT2D eigenvalue weighted by Gasteiger charge is -2.23. The molecule has 1 saturated heterocycles. The standard InChI is InChI=1S/C16H24N6/c1-12-5-4-9-21(12)10-8-17-15-13-6-2-3-7-14(13)16-19-18-11-22(16)20-15/h11-12H,2-10H2,1H3,(H,17,20). The Morgan fingerprint density at radius 3 is 2.91 bits per heavy atom. The molecule has 2 aromatic heterocycles. The summed E-state index contributed by atoms with van der Waals surface area (Å²) >= 11 is 0. The molecule has 6 heteroatoms. The van der Waals surface area contributed by atoms with E-state index in [0.717, 1.165) is 43.4 Å². The number of anilines is 1. The van der Waals surface area contributed by atoms with Crippen LogP contribution >= 0.6 is 0 Å². The van der Waals surface area contributed by atoms with E-state index in [-0.39, 0.29) is 0 Å². The van der Waals surface area contributed by atoms with Crippen LogP contribution in [0.4, 0.5) is 5.82 Å². The van der Waals surface area contributed by atoms with E-state index in [1.807, 2.05) is 4.52 Å². The number of rotatable bonds is 4. The van der Waals surface area contributed by atoms with Crippen LogP contribution in [-0.4, -0.2) is 50.4 Å². The van der Waals surface area contributed by atoms with Crippen molar-refractivity contribution in [2.75, 3.05) is 25.0 Å². The van der Waals surface area contributed by atoms with Crippen molar-refractivity contribution in [3.63, 3.8) is 0 Å². The van der Waals surface area contributed by atoms with Crippen LogP contribution in [0.25, 0.3) is 5.65 Å². The summed E-state index contributed by atoms with van der Waals surface area (Å²) in [5.74, 6) is 1.04. The van der Waals surface area contributed by atoms with Gasteiger partial charge in [-0.05, 0) is 52.0 Å². The van der Waals surface area contributed by atoms with Gasteiger partial charge < -0.3 is 5.32 Å². The van der Waals surface area contributed by atoms with E-state index < -0.39 is 0 Å². The summed E-state index contributed by atoms with van der Waals surface area (Å²) in [6.45, 7) is 5.62. The average molecular weight is 300 g/mol. The van der Waals surface area contributed by atoms with Crippen LogP contribution in [0.2, 0.25) is 0 Å². The summed E-state index contributed by atoms with van der Waals surface area (Å²) in [6, 6.07) is 0.726. The molecule has 4 rings (SSSR count). The molecule has 118 valence electrons. The maximum atomic E-state index is 4.69. The minimum atomic E-state index is 0.726. The van der Waals surface area contributed by atoms with Gasteiger partial charge in [0.15, 0.2) is 11.5 Å². The number of fused-ring (bicyclic) bond motifs is 3. The molecule has 1 aliphatic carbocycles. The van der Waals surface area contributed by atoms with Crippen molar-refractivity contribution in [3.05, 3.63) is 17.5 Å². The van der Waals surface area contributed by atoms with Crippen molar-refractivity contribution >= 4 is 11.5 Å². The average Bonchev–Trinajstić information content (AvgIpc) is 3.17. The van der Waals surface area contributed by atoms with Crippen LogP contribution in [-0.2, 0) is 12.8 Å². The second kappa shape index (κ2) is 5.83. The van der Waals surface area contributed by atoms with Gasteiger partial charge in [0, 0.05) is 30.3 Å². The summed E-state index contributed by atoms with van der Waals surface area (Å²) in [6.07, 6.45) is 9.06. The first-order valence-electron chi connectivity index (χ1n) is 8.52. The van der Waals surface area contributed by atoms with Crippen molar-refractivity contribution in [1.29, 1.82) is 0 Å². The van der Waals surface area contributed by atoms with Crippen molar-refractivity contribution in [2.24, 2.45) is 0 Å². The fraction of sp³-hybridized carbons (Fsp3) is 0.688. The van der Waals surface area contributed by atoms with Crippen LogP contribution < -0.4 is 5.32 Å². The Kier molecular flexibility index (Phi) is 3.70. The summed E-state index contributed by atoms with van der Waals surface area (Å²) < 4.78 is 1.82. The van der Waals surface area contributed by atoms with E-state index in [1.165, 1.54) is 43.4 Å². The fourth-order valence-electron chi connectivity index (χ4n) is 3.87. The minimum absolute atomic E-state index is 0.726. The maximum absolute atomic E-state index is 4.69. The van der Waals surface area contributed by atoms with Gasteiger partial charge >= 0.3 is 0 Å². The van der Waals surface area contributed by atoms with E-state index in [0.29, 0.717) is 0 Å². The number of nitrogens with zero attached hydrogens (tertiary/aromatic N) is 5. The van der Waals surface area contributed by atoms with Gasteiger partial charge in [-0.1, -0.05) is 0 Å². The summed E-state index contributed by atoms with van der Waals surface area (Å²) in [5.41, 5.74) is 3.64. The van der Waals surface area contributed by atoms with E-state index in [4.69, 9.17) is 5.10 Å². The molecule has 3 heterocycles. The Balaban J connectivity index is 1.53. The van der Waals surface area contributed by atoms with Gasteiger partial charge in [-0.2, -0.15) is 4.52 Å². The summed E-state index contributed by atoms with van der Waals surface area (Å²) in [4.78, 5) is 2.57. The van der Waals surface area contributed by atoms with Crippen molar-refractivity contribution in [3.8, 4) is 0 Å². The van der Waals surface area contributed by atoms with Crippen molar-refractivity contribution in [2.45, 2.75) is 51.5 Å². The highest BCUT2D eigenvalue weighted by Gasteiger charge is 2.21. The predicted octanol–water partition coefficient (Wildman–Crippen LogP) is 1.90. The second-order valence-electron chi connectivity index (χ2n) is 6.57. The molecule has 2 aliphatic rings. The Bertz CT molecular complexity index is 664. The molecule has 1 N–H and O–H groups in total. The molecule has 1 atom stereocenters. The van der Waals surface area contributed by atoms with Gasteiger partial charge in [-0.25, -0.2) is 0 Å². The van der Waals surface area contributed by atoms with Gasteiger partial charge in [0.1, 0.15) is 6.33 Å². The third-order valence-electron chi connectivity index (χ3n) is 5.14. The lowest BCUT2D eigenvalue weighted by Crippen LogP contribution is -2.32. The summed E-state index contributed by atoms with van der Waals surface area (Å²) in [7, 11) is 0. The Hall–Kier alpha value is -1.69. The minimum Gasteiger partial charge on any atom is -0.367 e. The first-order chi connectivity index (χ1) is 10.8. The summed E-state index contributed by atoms with van der Waals surface area (Å²) in [5, 5.41) is 16.5. The van der Waals surface area contributed by atoms with Crippen LogP contribution in [0, 0.1) is 0 Å². The molecule has 1 fully saturated rings. The third-order valence-corrected chi connectivity index (χ3v) is 5.14. The molecule has 22 heavy (non-hydrogen) atoms. The Morgan fingerprint density at radius 1 is 1.23 bits per heavy atom. The molecule has 0 bridgehead atoms. The zero-order valence-corrected chi connectivity index (χ0v) is 13.3. The monoisotopic (exact) mass is 300 g/mol. The molecule has 1 unspecified atom stereocenters. The molecule has 0 spiro atoms. The van der Waals surface area contributed by atoms with Crippen LogP contribution in [0.1, 0.15) is 43.7 Å². The van der Waals surface area contributed by atoms with Crippen LogP contribution in [0.3, 0.4) is 0 Å². The van der Waals surface area contributed by atoms with Gasteiger partial charge in [-0.15, -0.1) is 15.3 Å². The normalized spacial score (nSPS) is 22.1. The van der Waals surface area contributed by atoms with E-state index >= 15 is 0 Å². The van der Waals surface area contributed by atoms with E-state index in [9.17, 15) is 0 Å². The van der Waals surface area contributed by atoms with Crippen LogP contribution in [0.15, 0.2) is 6.33 Å². The second-order valence-corrected chi connectivity index (χ2v) is 6.57. The number of nitrogens with one attached hydrogen (secondary N) is 1. The molecule has 1 aliphatic heterocycles. The molecular weight excluding hydrogens is 276 g/mol. The third kappa shape index (κ3) is 2.45. The number of hydrogen-bond acceptors (Lipinski definition) is 5. The van der Waals surface area contributed by atoms with E-state index in [2.05, 4.69) is 27.3 Å². The quantitative estimate of drug-likeness (QED) is 0.934. The zero-order chi connectivity index (χ0) is 14.9. The van der Waals surface area contributed by atoms with Gasteiger partial charge in [0.05, 0.1) is 0 Å². The van der Waals surface area contributed by atoms with Gasteiger partial charge in [0.25, 0.3) is 0 Å². The zero-order valence-electron chi connectivity index (χ0n) is 13.3. The number of aryl methyl sites for hydroxylation is 1. The molecule has 0 amide bonds. The lowest BCUT2D eigenvalue weighted by atomic mass is 9.93. The largest absolute Gasteiger partial charge is 0.367 e. The highest BCUT2D eigenvalue weighted by molar-refractivity contribution is 5.59. The first kappa shape index (κ1) is 13.9. The molecular formula is C16H24N6. The highest BCUT2D eigenvalue weighted by Crippen LogP contribution is 2.28. The molecule has 0 saturated carbocycles. The molecule has 6 nitrogen and oxygen atoms in total. The fourth-order valence-corrected chi connectivity index (χ4v) is 3.87. The van der Waals surface area contributed by atoms with Crippen molar-refractivity contribution < 1.29 is 0 Å². The number of hydrogen-bond donors (Lipinski definition) is 1. The first-order valence-corrected chi connectivity index (χ1v) is 8.52. The predicted molar refractivity (Wildman–Crippen MR) is 86.2 cm³/mol. The lowest BCUT2D eigenvalue weighted by molar-refractivity contribution is 0.279. The smallest absolute Gasteiger partial charge is 0.181 e.